The van der Waals surface area contributed by atoms with Gasteiger partial charge in [-0.15, -0.1) is 0 Å². The molecule has 2 atom stereocenters. The fraction of sp³-hybridized carbons (Fsp3) is 0.455. The maximum Gasteiger partial charge on any atom is 0.243 e. The predicted octanol–water partition coefficient (Wildman–Crippen LogP) is -1.18. The van der Waals surface area contributed by atoms with Gasteiger partial charge in [-0.2, -0.15) is 4.31 Å². The summed E-state index contributed by atoms with van der Waals surface area (Å²) in [7, 11) is -7.24. The van der Waals surface area contributed by atoms with E-state index in [1.807, 2.05) is 0 Å². The summed E-state index contributed by atoms with van der Waals surface area (Å²) in [6.45, 7) is -0.366. The first kappa shape index (κ1) is 15.4. The minimum atomic E-state index is -3.85. The smallest absolute Gasteiger partial charge is 0.243 e. The third-order valence-electron chi connectivity index (χ3n) is 3.12. The van der Waals surface area contributed by atoms with Crippen LogP contribution >= 0.6 is 0 Å². The number of hydrogen-bond donors (Lipinski definition) is 2. The summed E-state index contributed by atoms with van der Waals surface area (Å²) in [5.74, 6) is 0. The summed E-state index contributed by atoms with van der Waals surface area (Å²) in [5.41, 5.74) is 0. The van der Waals surface area contributed by atoms with Crippen LogP contribution in [0.3, 0.4) is 0 Å². The number of aliphatic hydroxyl groups excluding tert-OH is 2. The molecule has 7 nitrogen and oxygen atoms in total. The molecule has 1 aliphatic rings. The van der Waals surface area contributed by atoms with Gasteiger partial charge >= 0.3 is 0 Å². The zero-order chi connectivity index (χ0) is 15.1. The van der Waals surface area contributed by atoms with Crippen molar-refractivity contribution in [2.24, 2.45) is 0 Å². The van der Waals surface area contributed by atoms with Crippen LogP contribution in [0.2, 0.25) is 0 Å². The lowest BCUT2D eigenvalue weighted by atomic mass is 10.3. The first-order chi connectivity index (χ1) is 9.12. The first-order valence-electron chi connectivity index (χ1n) is 5.79. The molecule has 0 bridgehead atoms. The molecule has 0 aliphatic carbocycles. The van der Waals surface area contributed by atoms with E-state index >= 15 is 0 Å². The molecular weight excluding hydrogens is 306 g/mol. The molecule has 0 aromatic heterocycles. The third-order valence-corrected chi connectivity index (χ3v) is 6.09. The normalized spacial score (nSPS) is 24.9. The Kier molecular flexibility index (Phi) is 3.91. The summed E-state index contributed by atoms with van der Waals surface area (Å²) < 4.78 is 48.1. The molecule has 1 saturated heterocycles. The van der Waals surface area contributed by atoms with Crippen molar-refractivity contribution >= 4 is 19.9 Å². The minimum absolute atomic E-state index is 0.0259. The third kappa shape index (κ3) is 2.86. The molecule has 0 saturated carbocycles. The molecule has 0 spiro atoms. The molecule has 1 fully saturated rings. The van der Waals surface area contributed by atoms with Crippen molar-refractivity contribution in [2.45, 2.75) is 22.0 Å². The molecule has 0 amide bonds. The molecule has 0 radical (unpaired) electrons. The summed E-state index contributed by atoms with van der Waals surface area (Å²) in [5, 5.41) is 18.8. The van der Waals surface area contributed by atoms with E-state index in [0.29, 0.717) is 0 Å². The Hall–Kier alpha value is -1.00. The molecule has 20 heavy (non-hydrogen) atoms. The highest BCUT2D eigenvalue weighted by atomic mass is 32.2. The molecule has 2 N–H and O–H groups in total. The van der Waals surface area contributed by atoms with Gasteiger partial charge in [-0.25, -0.2) is 16.8 Å². The van der Waals surface area contributed by atoms with Crippen LogP contribution in [0, 0.1) is 0 Å². The number of sulfone groups is 1. The summed E-state index contributed by atoms with van der Waals surface area (Å²) in [6, 6.07) is 4.82. The average Bonchev–Trinajstić information content (AvgIpc) is 2.69. The van der Waals surface area contributed by atoms with Crippen molar-refractivity contribution in [2.75, 3.05) is 19.3 Å². The lowest BCUT2D eigenvalue weighted by Crippen LogP contribution is -2.30. The van der Waals surface area contributed by atoms with Gasteiger partial charge in [-0.05, 0) is 24.3 Å². The number of nitrogens with zero attached hydrogens (tertiary/aromatic N) is 1. The monoisotopic (exact) mass is 321 g/mol. The van der Waals surface area contributed by atoms with Gasteiger partial charge in [0.25, 0.3) is 0 Å². The van der Waals surface area contributed by atoms with Crippen LogP contribution in [0.25, 0.3) is 0 Å². The fourth-order valence-electron chi connectivity index (χ4n) is 1.94. The Morgan fingerprint density at radius 3 is 1.75 bits per heavy atom. The second-order valence-corrected chi connectivity index (χ2v) is 8.65. The molecule has 2 rings (SSSR count). The highest BCUT2D eigenvalue weighted by Gasteiger charge is 2.37. The Bertz CT molecular complexity index is 685. The number of rotatable bonds is 3. The number of β-amino-alcohol motifs (C(OH)–C–C–N with tert-alkyl or cyclic N) is 2. The van der Waals surface area contributed by atoms with Crippen LogP contribution in [-0.4, -0.2) is 62.9 Å². The van der Waals surface area contributed by atoms with E-state index in [9.17, 15) is 27.0 Å². The van der Waals surface area contributed by atoms with Gasteiger partial charge in [0.1, 0.15) is 0 Å². The van der Waals surface area contributed by atoms with Crippen molar-refractivity contribution in [3.8, 4) is 0 Å². The maximum atomic E-state index is 12.2. The van der Waals surface area contributed by atoms with Crippen molar-refractivity contribution in [3.05, 3.63) is 24.3 Å². The van der Waals surface area contributed by atoms with E-state index in [1.165, 1.54) is 24.3 Å². The topological polar surface area (TPSA) is 112 Å². The first-order valence-corrected chi connectivity index (χ1v) is 9.12. The van der Waals surface area contributed by atoms with Crippen LogP contribution in [-0.2, 0) is 19.9 Å². The van der Waals surface area contributed by atoms with Gasteiger partial charge in [0.2, 0.25) is 10.0 Å². The minimum Gasteiger partial charge on any atom is -0.389 e. The van der Waals surface area contributed by atoms with Crippen molar-refractivity contribution in [1.29, 1.82) is 0 Å². The lowest BCUT2D eigenvalue weighted by molar-refractivity contribution is 0.0572. The highest BCUT2D eigenvalue weighted by Crippen LogP contribution is 2.22. The average molecular weight is 321 g/mol. The SMILES string of the molecule is CS(=O)(=O)c1ccc(S(=O)(=O)N2C[C@@H](O)[C@@H](O)C2)cc1. The van der Waals surface area contributed by atoms with Crippen LogP contribution in [0.4, 0.5) is 0 Å². The van der Waals surface area contributed by atoms with E-state index in [2.05, 4.69) is 0 Å². The van der Waals surface area contributed by atoms with E-state index < -0.39 is 32.1 Å². The maximum absolute atomic E-state index is 12.2. The van der Waals surface area contributed by atoms with E-state index in [-0.39, 0.29) is 22.9 Å². The van der Waals surface area contributed by atoms with Gasteiger partial charge in [0.15, 0.2) is 9.84 Å². The van der Waals surface area contributed by atoms with Gasteiger partial charge in [-0.3, -0.25) is 0 Å². The Labute approximate surface area is 117 Å². The Morgan fingerprint density at radius 2 is 1.35 bits per heavy atom. The predicted molar refractivity (Wildman–Crippen MR) is 70.3 cm³/mol. The second kappa shape index (κ2) is 5.08. The fourth-order valence-corrected chi connectivity index (χ4v) is 4.05. The zero-order valence-corrected chi connectivity index (χ0v) is 12.3. The van der Waals surface area contributed by atoms with Gasteiger partial charge in [0.05, 0.1) is 22.0 Å². The molecule has 1 heterocycles. The van der Waals surface area contributed by atoms with Crippen LogP contribution in [0.15, 0.2) is 34.1 Å². The molecular formula is C11H15NO6S2. The summed E-state index contributed by atoms with van der Waals surface area (Å²) in [6.07, 6.45) is -1.19. The van der Waals surface area contributed by atoms with Crippen LogP contribution < -0.4 is 0 Å². The van der Waals surface area contributed by atoms with Crippen molar-refractivity contribution < 1.29 is 27.0 Å². The second-order valence-electron chi connectivity index (χ2n) is 4.70. The van der Waals surface area contributed by atoms with E-state index in [1.54, 1.807) is 0 Å². The molecule has 0 unspecified atom stereocenters. The highest BCUT2D eigenvalue weighted by molar-refractivity contribution is 7.90. The van der Waals surface area contributed by atoms with Crippen LogP contribution in [0.5, 0.6) is 0 Å². The molecule has 9 heteroatoms. The number of aliphatic hydroxyl groups is 2. The Morgan fingerprint density at radius 1 is 0.950 bits per heavy atom. The van der Waals surface area contributed by atoms with Gasteiger partial charge in [0, 0.05) is 19.3 Å². The molecule has 1 aromatic carbocycles. The quantitative estimate of drug-likeness (QED) is 0.724. The van der Waals surface area contributed by atoms with Crippen molar-refractivity contribution in [3.63, 3.8) is 0 Å². The van der Waals surface area contributed by atoms with Crippen molar-refractivity contribution in [1.82, 2.24) is 4.31 Å². The van der Waals surface area contributed by atoms with Crippen LogP contribution in [0.1, 0.15) is 0 Å². The molecule has 1 aliphatic heterocycles. The number of hydrogen-bond acceptors (Lipinski definition) is 6. The standard InChI is InChI=1S/C11H15NO6S2/c1-19(15,16)8-2-4-9(5-3-8)20(17,18)12-6-10(13)11(14)7-12/h2-5,10-11,13-14H,6-7H2,1H3/t10-,11+. The zero-order valence-electron chi connectivity index (χ0n) is 10.7. The molecule has 112 valence electrons. The number of sulfonamides is 1. The van der Waals surface area contributed by atoms with E-state index in [0.717, 1.165) is 10.6 Å². The molecule has 1 aromatic rings. The van der Waals surface area contributed by atoms with Gasteiger partial charge in [-0.1, -0.05) is 0 Å². The number of benzene rings is 1. The largest absolute Gasteiger partial charge is 0.389 e. The summed E-state index contributed by atoms with van der Waals surface area (Å²) in [4.78, 5) is -0.0517. The van der Waals surface area contributed by atoms with E-state index in [4.69, 9.17) is 0 Å². The Balaban J connectivity index is 2.32. The van der Waals surface area contributed by atoms with Gasteiger partial charge < -0.3 is 10.2 Å². The summed E-state index contributed by atoms with van der Waals surface area (Å²) >= 11 is 0. The lowest BCUT2D eigenvalue weighted by Gasteiger charge is -2.15.